The molecule has 1 atom stereocenters. The number of hydrogen-bond donors (Lipinski definition) is 0. The van der Waals surface area contributed by atoms with Gasteiger partial charge in [-0.3, -0.25) is 4.90 Å². The number of methoxy groups -OCH3 is 1. The molecule has 0 aromatic rings. The van der Waals surface area contributed by atoms with Gasteiger partial charge in [-0.2, -0.15) is 52.7 Å². The van der Waals surface area contributed by atoms with E-state index in [0.717, 1.165) is 9.03 Å². The molecular weight excluding hydrogens is 532 g/mol. The first-order valence-corrected chi connectivity index (χ1v) is 10.4. The topological polar surface area (TPSA) is 94.8 Å². The van der Waals surface area contributed by atoms with Crippen LogP contribution in [0.4, 0.5) is 52.7 Å². The molecule has 0 spiro atoms. The lowest BCUT2D eigenvalue weighted by Crippen LogP contribution is -2.49. The van der Waals surface area contributed by atoms with E-state index in [1.165, 1.54) is 14.0 Å². The second kappa shape index (κ2) is 11.4. The molecule has 0 N–H and O–H groups in total. The zero-order valence-corrected chi connectivity index (χ0v) is 17.3. The zero-order chi connectivity index (χ0) is 26.4. The van der Waals surface area contributed by atoms with E-state index in [4.69, 9.17) is 0 Å². The third kappa shape index (κ3) is 11.7. The molecule has 0 aromatic heterocycles. The second-order valence-corrected chi connectivity index (χ2v) is 8.84. The lowest BCUT2D eigenvalue weighted by Gasteiger charge is -2.32. The summed E-state index contributed by atoms with van der Waals surface area (Å²) in [6.07, 6.45) is -11.6. The number of halogens is 12. The molecule has 0 rings (SSSR count). The maximum absolute atomic E-state index is 12.5. The Bertz CT molecular complexity index is 729. The van der Waals surface area contributed by atoms with Crippen molar-refractivity contribution in [1.29, 1.82) is 0 Å². The van der Waals surface area contributed by atoms with Crippen LogP contribution in [0.15, 0.2) is 0 Å². The second-order valence-electron chi connectivity index (χ2n) is 5.41. The highest BCUT2D eigenvalue weighted by molar-refractivity contribution is 8.13. The predicted octanol–water partition coefficient (Wildman–Crippen LogP) is 3.90. The largest absolute Gasteiger partial charge is 0.480 e. The summed E-state index contributed by atoms with van der Waals surface area (Å²) >= 11 is 0. The smallest absolute Gasteiger partial charge is 0.421 e. The summed E-state index contributed by atoms with van der Waals surface area (Å²) in [5.74, 6) is 0. The van der Waals surface area contributed by atoms with Crippen LogP contribution in [0.2, 0.25) is 0 Å². The Morgan fingerprint density at radius 2 is 1.19 bits per heavy atom. The van der Waals surface area contributed by atoms with Crippen molar-refractivity contribution in [1.82, 2.24) is 4.90 Å². The van der Waals surface area contributed by atoms with Gasteiger partial charge in [0.25, 0.3) is 0 Å². The Morgan fingerprint density at radius 3 is 1.41 bits per heavy atom. The van der Waals surface area contributed by atoms with E-state index in [1.807, 2.05) is 0 Å². The van der Waals surface area contributed by atoms with Crippen molar-refractivity contribution in [2.24, 2.45) is 0 Å². The van der Waals surface area contributed by atoms with E-state index < -0.39 is 55.9 Å². The molecule has 0 radical (unpaired) electrons. The maximum atomic E-state index is 12.5. The quantitative estimate of drug-likeness (QED) is 0.428. The first-order valence-electron chi connectivity index (χ1n) is 7.55. The highest BCUT2D eigenvalue weighted by Crippen LogP contribution is 2.36. The van der Waals surface area contributed by atoms with Crippen LogP contribution < -0.4 is 0 Å². The van der Waals surface area contributed by atoms with Gasteiger partial charge in [0.15, 0.2) is 20.0 Å². The molecule has 0 saturated heterocycles. The van der Waals surface area contributed by atoms with E-state index in [9.17, 15) is 69.5 Å². The van der Waals surface area contributed by atoms with Gasteiger partial charge in [0.2, 0.25) is 0 Å². The van der Waals surface area contributed by atoms with Crippen molar-refractivity contribution in [3.8, 4) is 0 Å². The summed E-state index contributed by atoms with van der Waals surface area (Å²) in [4.78, 5) is 0.719. The number of rotatable bonds is 8. The monoisotopic (exact) mass is 547 g/mol. The van der Waals surface area contributed by atoms with Crippen LogP contribution in [-0.4, -0.2) is 78.0 Å². The Labute approximate surface area is 173 Å². The highest BCUT2D eigenvalue weighted by Gasteiger charge is 2.49. The fourth-order valence-corrected chi connectivity index (χ4v) is 3.34. The van der Waals surface area contributed by atoms with Crippen molar-refractivity contribution in [2.75, 3.05) is 26.8 Å². The van der Waals surface area contributed by atoms with Gasteiger partial charge in [0, 0.05) is 13.7 Å². The Kier molecular flexibility index (Phi) is 11.8. The van der Waals surface area contributed by atoms with Crippen molar-refractivity contribution in [3.05, 3.63) is 4.13 Å². The van der Waals surface area contributed by atoms with Gasteiger partial charge < -0.3 is 8.86 Å². The lowest BCUT2D eigenvalue weighted by atomic mass is 10.1. The number of alkyl halides is 12. The summed E-state index contributed by atoms with van der Waals surface area (Å²) < 4.78 is 188. The van der Waals surface area contributed by atoms with Gasteiger partial charge in [-0.05, 0) is 6.54 Å². The van der Waals surface area contributed by atoms with E-state index in [-0.39, 0.29) is 19.7 Å². The van der Waals surface area contributed by atoms with Crippen LogP contribution in [0.25, 0.3) is 4.13 Å². The zero-order valence-electron chi connectivity index (χ0n) is 15.7. The first kappa shape index (κ1) is 33.1. The van der Waals surface area contributed by atoms with E-state index in [0.29, 0.717) is 0 Å². The standard InChI is InChI=1S/C9H15F6NO.C2F6NO4S2/c1-3-16(4-5-17-2)7(9(13,14)15)6-8(10,11)12;3-1(4,5)14(10,11)9-15(12,13)2(6,7)8/h7H,3-6H2,1-2H3;/q;-1. The van der Waals surface area contributed by atoms with Crippen LogP contribution in [0.3, 0.4) is 0 Å². The normalized spacial score (nSPS) is 15.3. The molecule has 0 aliphatic heterocycles. The van der Waals surface area contributed by atoms with Crippen molar-refractivity contribution in [2.45, 2.75) is 42.8 Å². The number of likely N-dealkylation sites (N-methyl/N-ethyl adjacent to an activating group) is 1. The summed E-state index contributed by atoms with van der Waals surface area (Å²) in [7, 11) is -12.2. The van der Waals surface area contributed by atoms with Gasteiger partial charge in [-0.25, -0.2) is 16.8 Å². The van der Waals surface area contributed by atoms with Crippen LogP contribution in [0.5, 0.6) is 0 Å². The molecule has 0 aliphatic carbocycles. The Balaban J connectivity index is 0. The van der Waals surface area contributed by atoms with Crippen molar-refractivity contribution < 1.29 is 74.3 Å². The molecule has 0 amide bonds. The van der Waals surface area contributed by atoms with Crippen LogP contribution in [-0.2, 0) is 24.8 Å². The fraction of sp³-hybridized carbons (Fsp3) is 1.00. The molecule has 0 aliphatic rings. The maximum Gasteiger partial charge on any atom is 0.480 e. The predicted molar refractivity (Wildman–Crippen MR) is 82.9 cm³/mol. The minimum Gasteiger partial charge on any atom is -0.421 e. The highest BCUT2D eigenvalue weighted by atomic mass is 32.3. The minimum absolute atomic E-state index is 0.0434. The third-order valence-corrected chi connectivity index (χ3v) is 5.75. The fourth-order valence-electron chi connectivity index (χ4n) is 1.63. The molecule has 32 heavy (non-hydrogen) atoms. The van der Waals surface area contributed by atoms with Crippen molar-refractivity contribution >= 4 is 20.0 Å². The van der Waals surface area contributed by atoms with Gasteiger partial charge in [-0.1, -0.05) is 6.92 Å². The Hall–Kier alpha value is -1.06. The van der Waals surface area contributed by atoms with Gasteiger partial charge >= 0.3 is 23.4 Å². The van der Waals surface area contributed by atoms with Crippen LogP contribution in [0.1, 0.15) is 13.3 Å². The van der Waals surface area contributed by atoms with E-state index >= 15 is 0 Å². The number of hydrogen-bond acceptors (Lipinski definition) is 6. The number of ether oxygens (including phenoxy) is 1. The molecule has 1 unspecified atom stereocenters. The van der Waals surface area contributed by atoms with E-state index in [1.54, 1.807) is 0 Å². The molecule has 0 saturated carbocycles. The summed E-state index contributed by atoms with van der Waals surface area (Å²) in [6, 6.07) is -2.51. The third-order valence-electron chi connectivity index (χ3n) is 3.01. The minimum atomic E-state index is -6.72. The summed E-state index contributed by atoms with van der Waals surface area (Å²) in [6.45, 7) is 1.03. The molecule has 0 fully saturated rings. The first-order chi connectivity index (χ1) is 13.8. The molecule has 7 nitrogen and oxygen atoms in total. The van der Waals surface area contributed by atoms with E-state index in [2.05, 4.69) is 4.74 Å². The molecule has 21 heteroatoms. The van der Waals surface area contributed by atoms with Gasteiger partial charge in [-0.15, -0.1) is 0 Å². The average molecular weight is 547 g/mol. The number of sulfonamides is 2. The number of nitrogens with zero attached hydrogens (tertiary/aromatic N) is 2. The van der Waals surface area contributed by atoms with Crippen molar-refractivity contribution in [3.63, 3.8) is 0 Å². The van der Waals surface area contributed by atoms with Gasteiger partial charge in [0.05, 0.1) is 13.0 Å². The van der Waals surface area contributed by atoms with Crippen LogP contribution in [0, 0.1) is 0 Å². The molecule has 0 aromatic carbocycles. The molecular formula is C11H15F12N2O5S2-. The van der Waals surface area contributed by atoms with Gasteiger partial charge in [0.1, 0.15) is 6.04 Å². The average Bonchev–Trinajstić information content (AvgIpc) is 2.50. The Morgan fingerprint density at radius 1 is 0.812 bits per heavy atom. The molecule has 0 heterocycles. The molecule has 0 bridgehead atoms. The summed E-state index contributed by atoms with van der Waals surface area (Å²) in [5, 5.41) is 0. The van der Waals surface area contributed by atoms with Crippen LogP contribution >= 0.6 is 0 Å². The SMILES string of the molecule is CCN(CCOC)C(CC(F)(F)F)C(F)(F)F.O=S(=O)([N-]S(=O)(=O)C(F)(F)F)C(F)(F)F. The lowest BCUT2D eigenvalue weighted by molar-refractivity contribution is -0.225. The summed E-state index contributed by atoms with van der Waals surface area (Å²) in [5.41, 5.74) is -12.4. The molecule has 196 valence electrons.